The summed E-state index contributed by atoms with van der Waals surface area (Å²) in [6.07, 6.45) is 6.91. The minimum absolute atomic E-state index is 0.120. The molecular formula is C24H23Br2N3O3. The molecule has 0 fully saturated rings. The molecule has 0 radical (unpaired) electrons. The van der Waals surface area contributed by atoms with Gasteiger partial charge in [-0.15, -0.1) is 6.42 Å². The van der Waals surface area contributed by atoms with Crippen LogP contribution in [0.1, 0.15) is 39.1 Å². The number of benzene rings is 2. The summed E-state index contributed by atoms with van der Waals surface area (Å²) >= 11 is 6.93. The molecule has 0 bridgehead atoms. The van der Waals surface area contributed by atoms with E-state index >= 15 is 0 Å². The Hall–Kier alpha value is -2.63. The van der Waals surface area contributed by atoms with Gasteiger partial charge in [0.05, 0.1) is 28.2 Å². The second kappa shape index (κ2) is 9.88. The van der Waals surface area contributed by atoms with Crippen LogP contribution in [0.25, 0.3) is 10.9 Å². The molecule has 0 N–H and O–H groups in total. The van der Waals surface area contributed by atoms with E-state index in [1.807, 2.05) is 45.9 Å². The van der Waals surface area contributed by atoms with Crippen LogP contribution >= 0.6 is 31.9 Å². The van der Waals surface area contributed by atoms with Crippen molar-refractivity contribution >= 4 is 49.0 Å². The topological polar surface area (TPSA) is 65.7 Å². The van der Waals surface area contributed by atoms with Crippen LogP contribution in [0.15, 0.2) is 49.2 Å². The van der Waals surface area contributed by atoms with Crippen LogP contribution in [0.5, 0.6) is 11.5 Å². The fourth-order valence-electron chi connectivity index (χ4n) is 3.05. The first-order valence-corrected chi connectivity index (χ1v) is 11.5. The molecule has 6 nitrogen and oxygen atoms in total. The summed E-state index contributed by atoms with van der Waals surface area (Å²) in [7, 11) is 0. The van der Waals surface area contributed by atoms with Crippen LogP contribution in [-0.4, -0.2) is 29.1 Å². The van der Waals surface area contributed by atoms with Gasteiger partial charge < -0.3 is 9.47 Å². The van der Waals surface area contributed by atoms with Gasteiger partial charge in [-0.2, -0.15) is 9.78 Å². The fraction of sp³-hybridized carbons (Fsp3) is 0.292. The van der Waals surface area contributed by atoms with E-state index in [1.54, 1.807) is 18.3 Å². The minimum atomic E-state index is -0.401. The van der Waals surface area contributed by atoms with E-state index in [9.17, 15) is 4.79 Å². The molecule has 32 heavy (non-hydrogen) atoms. The van der Waals surface area contributed by atoms with Crippen molar-refractivity contribution in [2.75, 3.05) is 13.2 Å². The number of nitrogens with zero attached hydrogens (tertiary/aromatic N) is 3. The molecule has 3 rings (SSSR count). The molecule has 1 aromatic heterocycles. The number of terminal acetylenes is 1. The molecule has 0 unspecified atom stereocenters. The van der Waals surface area contributed by atoms with E-state index in [1.165, 1.54) is 4.68 Å². The number of rotatable bonds is 6. The average molecular weight is 561 g/mol. The molecule has 0 atom stereocenters. The highest BCUT2D eigenvalue weighted by Crippen LogP contribution is 2.36. The summed E-state index contributed by atoms with van der Waals surface area (Å²) in [5.41, 5.74) is 0.706. The molecule has 2 aromatic carbocycles. The fourth-order valence-corrected chi connectivity index (χ4v) is 3.98. The zero-order valence-electron chi connectivity index (χ0n) is 18.3. The van der Waals surface area contributed by atoms with Gasteiger partial charge in [0, 0.05) is 9.89 Å². The third kappa shape index (κ3) is 5.22. The Morgan fingerprint density at radius 3 is 2.62 bits per heavy atom. The van der Waals surface area contributed by atoms with E-state index in [2.05, 4.69) is 42.9 Å². The summed E-state index contributed by atoms with van der Waals surface area (Å²) in [5.74, 6) is 4.06. The highest BCUT2D eigenvalue weighted by atomic mass is 79.9. The Kier molecular flexibility index (Phi) is 7.42. The van der Waals surface area contributed by atoms with Crippen LogP contribution in [0, 0.1) is 12.3 Å². The van der Waals surface area contributed by atoms with Crippen LogP contribution in [0.4, 0.5) is 0 Å². The molecule has 8 heteroatoms. The molecular weight excluding hydrogens is 538 g/mol. The molecule has 0 aliphatic heterocycles. The van der Waals surface area contributed by atoms with Crippen molar-refractivity contribution in [3.05, 3.63) is 61.0 Å². The smallest absolute Gasteiger partial charge is 0.282 e. The maximum atomic E-state index is 13.3. The van der Waals surface area contributed by atoms with Crippen LogP contribution < -0.4 is 15.0 Å². The molecule has 0 saturated heterocycles. The lowest BCUT2D eigenvalue weighted by Gasteiger charge is -2.21. The van der Waals surface area contributed by atoms with Gasteiger partial charge >= 0.3 is 0 Å². The Bertz CT molecular complexity index is 1280. The monoisotopic (exact) mass is 559 g/mol. The van der Waals surface area contributed by atoms with Gasteiger partial charge in [0.15, 0.2) is 11.5 Å². The van der Waals surface area contributed by atoms with E-state index in [4.69, 9.17) is 20.9 Å². The number of fused-ring (bicyclic) bond motifs is 1. The quantitative estimate of drug-likeness (QED) is 0.294. The van der Waals surface area contributed by atoms with Crippen molar-refractivity contribution in [3.8, 4) is 23.8 Å². The lowest BCUT2D eigenvalue weighted by atomic mass is 9.95. The van der Waals surface area contributed by atoms with Crippen molar-refractivity contribution in [2.45, 2.75) is 33.1 Å². The molecule has 0 aliphatic carbocycles. The summed E-state index contributed by atoms with van der Waals surface area (Å²) in [6.45, 7) is 8.44. The maximum absolute atomic E-state index is 13.3. The second-order valence-electron chi connectivity index (χ2n) is 7.96. The summed E-state index contributed by atoms with van der Waals surface area (Å²) in [5, 5.41) is 4.99. The van der Waals surface area contributed by atoms with E-state index in [0.717, 1.165) is 10.0 Å². The van der Waals surface area contributed by atoms with Crippen LogP contribution in [0.2, 0.25) is 0 Å². The molecule has 0 aliphatic rings. The Morgan fingerprint density at radius 2 is 1.97 bits per heavy atom. The van der Waals surface area contributed by atoms with Gasteiger partial charge in [0.2, 0.25) is 0 Å². The molecule has 3 aromatic rings. The highest BCUT2D eigenvalue weighted by molar-refractivity contribution is 9.10. The first kappa shape index (κ1) is 24.0. The van der Waals surface area contributed by atoms with Gasteiger partial charge in [-0.1, -0.05) is 42.6 Å². The Morgan fingerprint density at radius 1 is 1.22 bits per heavy atom. The van der Waals surface area contributed by atoms with Gasteiger partial charge in [-0.3, -0.25) is 4.79 Å². The molecule has 166 valence electrons. The SMILES string of the molecule is C#CCOc1c(Br)cc(C=Nn2c(C(C)(C)C)nc3ccc(Br)cc3c2=O)cc1OCC. The van der Waals surface area contributed by atoms with Crippen molar-refractivity contribution in [3.63, 3.8) is 0 Å². The molecule has 0 saturated carbocycles. The average Bonchev–Trinajstić information content (AvgIpc) is 2.72. The van der Waals surface area contributed by atoms with Crippen molar-refractivity contribution in [2.24, 2.45) is 5.10 Å². The molecule has 1 heterocycles. The third-order valence-corrected chi connectivity index (χ3v) is 5.52. The summed E-state index contributed by atoms with van der Waals surface area (Å²) in [4.78, 5) is 18.0. The van der Waals surface area contributed by atoms with Crippen molar-refractivity contribution in [1.82, 2.24) is 9.66 Å². The number of aromatic nitrogens is 2. The number of halogens is 2. The summed E-state index contributed by atoms with van der Waals surface area (Å²) < 4.78 is 14.1. The third-order valence-electron chi connectivity index (χ3n) is 4.43. The lowest BCUT2D eigenvalue weighted by Crippen LogP contribution is -2.29. The first-order chi connectivity index (χ1) is 15.2. The van der Waals surface area contributed by atoms with Crippen molar-refractivity contribution in [1.29, 1.82) is 0 Å². The predicted octanol–water partition coefficient (Wildman–Crippen LogP) is 5.51. The molecule has 0 spiro atoms. The van der Waals surface area contributed by atoms with E-state index in [0.29, 0.717) is 39.3 Å². The number of hydrogen-bond donors (Lipinski definition) is 0. The normalized spacial score (nSPS) is 11.7. The van der Waals surface area contributed by atoms with Crippen LogP contribution in [0.3, 0.4) is 0 Å². The van der Waals surface area contributed by atoms with E-state index in [-0.39, 0.29) is 12.2 Å². The van der Waals surface area contributed by atoms with Gasteiger partial charge in [-0.05, 0) is 58.7 Å². The maximum Gasteiger partial charge on any atom is 0.282 e. The molecule has 0 amide bonds. The zero-order chi connectivity index (χ0) is 23.5. The highest BCUT2D eigenvalue weighted by Gasteiger charge is 2.23. The van der Waals surface area contributed by atoms with Gasteiger partial charge in [0.25, 0.3) is 5.56 Å². The lowest BCUT2D eigenvalue weighted by molar-refractivity contribution is 0.298. The standard InChI is InChI=1S/C24H23Br2N3O3/c1-6-10-32-21-18(26)11-15(12-20(21)31-7-2)14-27-29-22(30)17-13-16(25)8-9-19(17)28-23(29)24(3,4)5/h1,8-9,11-14H,7,10H2,2-5H3. The Labute approximate surface area is 203 Å². The zero-order valence-corrected chi connectivity index (χ0v) is 21.4. The van der Waals surface area contributed by atoms with E-state index < -0.39 is 5.41 Å². The van der Waals surface area contributed by atoms with Gasteiger partial charge in [0.1, 0.15) is 12.4 Å². The summed E-state index contributed by atoms with van der Waals surface area (Å²) in [6, 6.07) is 9.06. The van der Waals surface area contributed by atoms with Gasteiger partial charge in [-0.25, -0.2) is 4.98 Å². The predicted molar refractivity (Wildman–Crippen MR) is 135 cm³/mol. The number of hydrogen-bond acceptors (Lipinski definition) is 5. The first-order valence-electron chi connectivity index (χ1n) is 9.95. The van der Waals surface area contributed by atoms with Crippen LogP contribution in [-0.2, 0) is 5.41 Å². The Balaban J connectivity index is 2.15. The largest absolute Gasteiger partial charge is 0.490 e. The second-order valence-corrected chi connectivity index (χ2v) is 9.73. The minimum Gasteiger partial charge on any atom is -0.490 e. The van der Waals surface area contributed by atoms with Crippen molar-refractivity contribution < 1.29 is 9.47 Å². The number of ether oxygens (including phenoxy) is 2.